The lowest BCUT2D eigenvalue weighted by Gasteiger charge is -2.16. The van der Waals surface area contributed by atoms with E-state index in [1.807, 2.05) is 6.92 Å². The monoisotopic (exact) mass is 163 g/mol. The van der Waals surface area contributed by atoms with Gasteiger partial charge in [0.2, 0.25) is 5.92 Å². The van der Waals surface area contributed by atoms with Crippen LogP contribution < -0.4 is 5.73 Å². The summed E-state index contributed by atoms with van der Waals surface area (Å²) in [5.41, 5.74) is 5.67. The largest absolute Gasteiger partial charge is 0.327 e. The Morgan fingerprint density at radius 1 is 1.64 bits per heavy atom. The molecule has 0 amide bonds. The van der Waals surface area contributed by atoms with E-state index >= 15 is 0 Å². The van der Waals surface area contributed by atoms with Gasteiger partial charge in [0.1, 0.15) is 0 Å². The molecule has 1 aliphatic rings. The van der Waals surface area contributed by atoms with Crippen molar-refractivity contribution in [3.8, 4) is 0 Å². The maximum Gasteiger partial charge on any atom is 0.248 e. The molecule has 0 heterocycles. The Bertz CT molecular complexity index is 136. The van der Waals surface area contributed by atoms with Crippen molar-refractivity contribution in [2.45, 2.75) is 44.6 Å². The Balaban J connectivity index is 2.41. The van der Waals surface area contributed by atoms with Crippen molar-refractivity contribution in [1.82, 2.24) is 0 Å². The van der Waals surface area contributed by atoms with Crippen molar-refractivity contribution in [3.05, 3.63) is 0 Å². The summed E-state index contributed by atoms with van der Waals surface area (Å²) < 4.78 is 25.3. The van der Waals surface area contributed by atoms with Crippen LogP contribution in [0.2, 0.25) is 0 Å². The molecule has 2 N–H and O–H groups in total. The average molecular weight is 163 g/mol. The van der Waals surface area contributed by atoms with Gasteiger partial charge < -0.3 is 5.73 Å². The van der Waals surface area contributed by atoms with Crippen LogP contribution in [-0.4, -0.2) is 12.0 Å². The van der Waals surface area contributed by atoms with Gasteiger partial charge in [-0.1, -0.05) is 6.92 Å². The molecule has 11 heavy (non-hydrogen) atoms. The highest BCUT2D eigenvalue weighted by atomic mass is 19.3. The maximum absolute atomic E-state index is 12.6. The second-order valence-electron chi connectivity index (χ2n) is 3.43. The van der Waals surface area contributed by atoms with E-state index < -0.39 is 5.92 Å². The third kappa shape index (κ3) is 2.12. The second-order valence-corrected chi connectivity index (χ2v) is 3.43. The van der Waals surface area contributed by atoms with Crippen molar-refractivity contribution >= 4 is 0 Å². The molecule has 0 spiro atoms. The van der Waals surface area contributed by atoms with Gasteiger partial charge in [0, 0.05) is 18.9 Å². The van der Waals surface area contributed by atoms with E-state index in [2.05, 4.69) is 0 Å². The molecule has 3 heteroatoms. The maximum atomic E-state index is 12.6. The van der Waals surface area contributed by atoms with Crippen LogP contribution >= 0.6 is 0 Å². The molecule has 1 fully saturated rings. The van der Waals surface area contributed by atoms with E-state index in [1.54, 1.807) is 0 Å². The van der Waals surface area contributed by atoms with Crippen LogP contribution in [-0.2, 0) is 0 Å². The number of alkyl halides is 2. The minimum Gasteiger partial charge on any atom is -0.327 e. The van der Waals surface area contributed by atoms with Crippen molar-refractivity contribution < 1.29 is 8.78 Å². The smallest absolute Gasteiger partial charge is 0.248 e. The number of halogens is 2. The molecule has 0 aliphatic heterocycles. The van der Waals surface area contributed by atoms with Crippen LogP contribution in [0.5, 0.6) is 0 Å². The third-order valence-electron chi connectivity index (χ3n) is 2.52. The molecule has 1 rings (SSSR count). The quantitative estimate of drug-likeness (QED) is 0.663. The van der Waals surface area contributed by atoms with Crippen LogP contribution in [0.25, 0.3) is 0 Å². The minimum absolute atomic E-state index is 0.00199. The van der Waals surface area contributed by atoms with E-state index in [4.69, 9.17) is 5.73 Å². The summed E-state index contributed by atoms with van der Waals surface area (Å²) in [6.45, 7) is 1.95. The lowest BCUT2D eigenvalue weighted by molar-refractivity contribution is 0.00389. The summed E-state index contributed by atoms with van der Waals surface area (Å²) in [5.74, 6) is -2.38. The van der Waals surface area contributed by atoms with Crippen LogP contribution in [0.1, 0.15) is 32.6 Å². The third-order valence-corrected chi connectivity index (χ3v) is 2.52. The molecule has 0 aromatic rings. The number of rotatable bonds is 2. The lowest BCUT2D eigenvalue weighted by atomic mass is 9.97. The van der Waals surface area contributed by atoms with Gasteiger partial charge in [-0.2, -0.15) is 0 Å². The molecule has 0 aromatic carbocycles. The van der Waals surface area contributed by atoms with Crippen molar-refractivity contribution in [2.24, 2.45) is 11.7 Å². The lowest BCUT2D eigenvalue weighted by Crippen LogP contribution is -2.28. The fourth-order valence-corrected chi connectivity index (χ4v) is 1.68. The molecule has 0 bridgehead atoms. The van der Waals surface area contributed by atoms with Gasteiger partial charge in [0.05, 0.1) is 0 Å². The summed E-state index contributed by atoms with van der Waals surface area (Å²) in [6.07, 6.45) is 1.44. The van der Waals surface area contributed by atoms with Gasteiger partial charge in [-0.15, -0.1) is 0 Å². The number of hydrogen-bond donors (Lipinski definition) is 1. The Morgan fingerprint density at radius 2 is 2.27 bits per heavy atom. The van der Waals surface area contributed by atoms with Gasteiger partial charge >= 0.3 is 0 Å². The SMILES string of the molecule is CC[C@H](N)C1CCC(F)(F)C1. The molecule has 0 aromatic heterocycles. The van der Waals surface area contributed by atoms with Crippen LogP contribution in [0.15, 0.2) is 0 Å². The van der Waals surface area contributed by atoms with E-state index in [0.717, 1.165) is 6.42 Å². The minimum atomic E-state index is -2.43. The normalized spacial score (nSPS) is 32.2. The van der Waals surface area contributed by atoms with E-state index in [1.165, 1.54) is 0 Å². The van der Waals surface area contributed by atoms with Gasteiger partial charge in [-0.25, -0.2) is 8.78 Å². The first kappa shape index (κ1) is 8.91. The summed E-state index contributed by atoms with van der Waals surface area (Å²) in [5, 5.41) is 0. The predicted octanol–water partition coefficient (Wildman–Crippen LogP) is 2.16. The molecule has 1 saturated carbocycles. The fourth-order valence-electron chi connectivity index (χ4n) is 1.68. The predicted molar refractivity (Wildman–Crippen MR) is 40.6 cm³/mol. The van der Waals surface area contributed by atoms with Crippen LogP contribution in [0.3, 0.4) is 0 Å². The van der Waals surface area contributed by atoms with Gasteiger partial charge in [-0.05, 0) is 18.8 Å². The zero-order valence-electron chi connectivity index (χ0n) is 6.82. The summed E-state index contributed by atoms with van der Waals surface area (Å²) in [7, 11) is 0. The molecule has 1 unspecified atom stereocenters. The van der Waals surface area contributed by atoms with Crippen molar-refractivity contribution in [1.29, 1.82) is 0 Å². The zero-order valence-corrected chi connectivity index (χ0v) is 6.82. The molecular formula is C8H15F2N. The topological polar surface area (TPSA) is 26.0 Å². The molecule has 66 valence electrons. The highest BCUT2D eigenvalue weighted by Crippen LogP contribution is 2.40. The summed E-state index contributed by atoms with van der Waals surface area (Å²) >= 11 is 0. The van der Waals surface area contributed by atoms with Crippen LogP contribution in [0.4, 0.5) is 8.78 Å². The van der Waals surface area contributed by atoms with E-state index in [0.29, 0.717) is 6.42 Å². The van der Waals surface area contributed by atoms with Gasteiger partial charge in [0.25, 0.3) is 0 Å². The molecular weight excluding hydrogens is 148 g/mol. The Kier molecular flexibility index (Phi) is 2.47. The first-order valence-corrected chi connectivity index (χ1v) is 4.18. The second kappa shape index (κ2) is 3.05. The molecule has 1 nitrogen and oxygen atoms in total. The first-order chi connectivity index (χ1) is 5.05. The molecule has 0 saturated heterocycles. The first-order valence-electron chi connectivity index (χ1n) is 4.18. The van der Waals surface area contributed by atoms with Crippen molar-refractivity contribution in [2.75, 3.05) is 0 Å². The Labute approximate surface area is 66.0 Å². The number of nitrogens with two attached hydrogens (primary N) is 1. The zero-order chi connectivity index (χ0) is 8.48. The number of hydrogen-bond acceptors (Lipinski definition) is 1. The highest BCUT2D eigenvalue weighted by Gasteiger charge is 2.40. The molecule has 2 atom stereocenters. The summed E-state index contributed by atoms with van der Waals surface area (Å²) in [4.78, 5) is 0. The van der Waals surface area contributed by atoms with E-state index in [-0.39, 0.29) is 24.8 Å². The standard InChI is InChI=1S/C8H15F2N/c1-2-7(11)6-3-4-8(9,10)5-6/h6-7H,2-5,11H2,1H3/t6?,7-/m0/s1. The van der Waals surface area contributed by atoms with Gasteiger partial charge in [-0.3, -0.25) is 0 Å². The molecule has 0 radical (unpaired) electrons. The van der Waals surface area contributed by atoms with Crippen LogP contribution in [0, 0.1) is 5.92 Å². The fraction of sp³-hybridized carbons (Fsp3) is 1.00. The van der Waals surface area contributed by atoms with E-state index in [9.17, 15) is 8.78 Å². The molecule has 1 aliphatic carbocycles. The average Bonchev–Trinajstić information content (AvgIpc) is 2.29. The Hall–Kier alpha value is -0.180. The summed E-state index contributed by atoms with van der Waals surface area (Å²) in [6, 6.07) is -0.0247. The highest BCUT2D eigenvalue weighted by molar-refractivity contribution is 4.86. The van der Waals surface area contributed by atoms with Gasteiger partial charge in [0.15, 0.2) is 0 Å². The Morgan fingerprint density at radius 3 is 2.64 bits per heavy atom. The van der Waals surface area contributed by atoms with Crippen molar-refractivity contribution in [3.63, 3.8) is 0 Å².